The first kappa shape index (κ1) is 15.9. The molecule has 5 nitrogen and oxygen atoms in total. The molecule has 1 amide bonds. The fraction of sp³-hybridized carbons (Fsp3) is 0.737. The van der Waals surface area contributed by atoms with Crippen molar-refractivity contribution in [3.05, 3.63) is 18.0 Å². The van der Waals surface area contributed by atoms with Gasteiger partial charge in [-0.05, 0) is 68.8 Å². The van der Waals surface area contributed by atoms with E-state index in [0.717, 1.165) is 62.7 Å². The van der Waals surface area contributed by atoms with Crippen molar-refractivity contribution in [2.45, 2.75) is 51.9 Å². The number of carbonyl (C=O) groups is 1. The zero-order valence-electron chi connectivity index (χ0n) is 14.6. The van der Waals surface area contributed by atoms with Crippen molar-refractivity contribution in [2.24, 2.45) is 17.3 Å². The van der Waals surface area contributed by atoms with Crippen molar-refractivity contribution in [3.8, 4) is 0 Å². The first-order valence-electron chi connectivity index (χ1n) is 9.45. The van der Waals surface area contributed by atoms with Gasteiger partial charge >= 0.3 is 0 Å². The lowest BCUT2D eigenvalue weighted by atomic mass is 9.76. The quantitative estimate of drug-likeness (QED) is 0.923. The maximum absolute atomic E-state index is 12.4. The summed E-state index contributed by atoms with van der Waals surface area (Å²) >= 11 is 0. The molecule has 1 N–H and O–H groups in total. The molecule has 24 heavy (non-hydrogen) atoms. The van der Waals surface area contributed by atoms with Crippen LogP contribution in [0.4, 0.5) is 5.95 Å². The second-order valence-corrected chi connectivity index (χ2v) is 8.18. The molecule has 2 saturated carbocycles. The normalized spacial score (nSPS) is 25.9. The number of aromatic nitrogens is 2. The molecule has 1 atom stereocenters. The molecule has 1 spiro atoms. The van der Waals surface area contributed by atoms with Crippen molar-refractivity contribution in [3.63, 3.8) is 0 Å². The number of amides is 1. The summed E-state index contributed by atoms with van der Waals surface area (Å²) in [5, 5.41) is 3.18. The molecule has 4 rings (SSSR count). The Hall–Kier alpha value is -1.65. The van der Waals surface area contributed by atoms with Gasteiger partial charge in [-0.1, -0.05) is 0 Å². The first-order valence-corrected chi connectivity index (χ1v) is 9.45. The number of aryl methyl sites for hydroxylation is 1. The topological polar surface area (TPSA) is 58.1 Å². The van der Waals surface area contributed by atoms with Crippen LogP contribution in [-0.4, -0.2) is 35.5 Å². The molecule has 1 aliphatic heterocycles. The lowest BCUT2D eigenvalue weighted by Crippen LogP contribution is -2.40. The zero-order chi connectivity index (χ0) is 16.6. The molecule has 0 radical (unpaired) electrons. The lowest BCUT2D eigenvalue weighted by molar-refractivity contribution is -0.125. The fourth-order valence-corrected chi connectivity index (χ4v) is 4.33. The van der Waals surface area contributed by atoms with Gasteiger partial charge in [-0.25, -0.2) is 9.97 Å². The standard InChI is InChI=1S/C19H28N4O/c1-14-11-21-18(22-12-14)23-8-6-19(7-9-23)5-4-16(10-19)17(24)20-13-15-2-3-15/h11-12,15-16H,2-10,13H2,1H3,(H,20,24). The van der Waals surface area contributed by atoms with Crippen LogP contribution >= 0.6 is 0 Å². The maximum Gasteiger partial charge on any atom is 0.225 e. The highest BCUT2D eigenvalue weighted by atomic mass is 16.1. The van der Waals surface area contributed by atoms with Crippen LogP contribution in [0.1, 0.15) is 50.5 Å². The number of anilines is 1. The summed E-state index contributed by atoms with van der Waals surface area (Å²) in [6.45, 7) is 4.95. The molecule has 3 aliphatic rings. The van der Waals surface area contributed by atoms with Crippen molar-refractivity contribution in [1.82, 2.24) is 15.3 Å². The molecule has 0 aromatic carbocycles. The fourth-order valence-electron chi connectivity index (χ4n) is 4.33. The lowest BCUT2D eigenvalue weighted by Gasteiger charge is -2.39. The van der Waals surface area contributed by atoms with Gasteiger partial charge in [0.05, 0.1) is 0 Å². The van der Waals surface area contributed by atoms with E-state index in [2.05, 4.69) is 20.2 Å². The molecule has 130 valence electrons. The van der Waals surface area contributed by atoms with Gasteiger partial charge in [-0.15, -0.1) is 0 Å². The van der Waals surface area contributed by atoms with Gasteiger partial charge in [-0.2, -0.15) is 0 Å². The molecule has 1 saturated heterocycles. The van der Waals surface area contributed by atoms with E-state index >= 15 is 0 Å². The highest BCUT2D eigenvalue weighted by Gasteiger charge is 2.43. The summed E-state index contributed by atoms with van der Waals surface area (Å²) in [7, 11) is 0. The van der Waals surface area contributed by atoms with Gasteiger partial charge in [0, 0.05) is 37.9 Å². The van der Waals surface area contributed by atoms with Gasteiger partial charge in [0.1, 0.15) is 0 Å². The molecule has 3 fully saturated rings. The number of nitrogens with one attached hydrogen (secondary N) is 1. The molecule has 2 aliphatic carbocycles. The SMILES string of the molecule is Cc1cnc(N2CCC3(CCC(C(=O)NCC4CC4)C3)CC2)nc1. The summed E-state index contributed by atoms with van der Waals surface area (Å²) < 4.78 is 0. The monoisotopic (exact) mass is 328 g/mol. The van der Waals surface area contributed by atoms with E-state index in [4.69, 9.17) is 0 Å². The predicted octanol–water partition coefficient (Wildman–Crippen LogP) is 2.70. The van der Waals surface area contributed by atoms with E-state index in [-0.39, 0.29) is 5.92 Å². The van der Waals surface area contributed by atoms with E-state index in [9.17, 15) is 4.79 Å². The Labute approximate surface area is 144 Å². The van der Waals surface area contributed by atoms with Crippen molar-refractivity contribution < 1.29 is 4.79 Å². The van der Waals surface area contributed by atoms with Gasteiger partial charge in [-0.3, -0.25) is 4.79 Å². The van der Waals surface area contributed by atoms with Crippen LogP contribution in [-0.2, 0) is 4.79 Å². The minimum Gasteiger partial charge on any atom is -0.356 e. The third kappa shape index (κ3) is 3.40. The largest absolute Gasteiger partial charge is 0.356 e. The van der Waals surface area contributed by atoms with Crippen molar-refractivity contribution in [2.75, 3.05) is 24.5 Å². The van der Waals surface area contributed by atoms with Crippen LogP contribution in [0.3, 0.4) is 0 Å². The second-order valence-electron chi connectivity index (χ2n) is 8.18. The number of hydrogen-bond acceptors (Lipinski definition) is 4. The third-order valence-corrected chi connectivity index (χ3v) is 6.21. The van der Waals surface area contributed by atoms with Gasteiger partial charge in [0.25, 0.3) is 0 Å². The van der Waals surface area contributed by atoms with E-state index in [1.54, 1.807) is 0 Å². The molecule has 2 heterocycles. The Morgan fingerprint density at radius 2 is 1.92 bits per heavy atom. The number of carbonyl (C=O) groups excluding carboxylic acids is 1. The van der Waals surface area contributed by atoms with Crippen LogP contribution in [0.5, 0.6) is 0 Å². The Bertz CT molecular complexity index is 588. The second kappa shape index (κ2) is 6.34. The summed E-state index contributed by atoms with van der Waals surface area (Å²) in [5.74, 6) is 2.17. The van der Waals surface area contributed by atoms with Crippen molar-refractivity contribution in [1.29, 1.82) is 0 Å². The smallest absolute Gasteiger partial charge is 0.225 e. The van der Waals surface area contributed by atoms with Gasteiger partial charge < -0.3 is 10.2 Å². The summed E-state index contributed by atoms with van der Waals surface area (Å²) in [5.41, 5.74) is 1.48. The van der Waals surface area contributed by atoms with Crippen LogP contribution < -0.4 is 10.2 Å². The minimum atomic E-state index is 0.242. The van der Waals surface area contributed by atoms with E-state index in [0.29, 0.717) is 11.3 Å². The predicted molar refractivity (Wildman–Crippen MR) is 93.7 cm³/mol. The van der Waals surface area contributed by atoms with Crippen LogP contribution in [0.2, 0.25) is 0 Å². The van der Waals surface area contributed by atoms with E-state index in [1.807, 2.05) is 19.3 Å². The minimum absolute atomic E-state index is 0.242. The maximum atomic E-state index is 12.4. The van der Waals surface area contributed by atoms with E-state index < -0.39 is 0 Å². The molecule has 1 aromatic heterocycles. The Morgan fingerprint density at radius 1 is 1.21 bits per heavy atom. The number of hydrogen-bond donors (Lipinski definition) is 1. The van der Waals surface area contributed by atoms with Gasteiger partial charge in [0.2, 0.25) is 11.9 Å². The number of rotatable bonds is 4. The number of nitrogens with zero attached hydrogens (tertiary/aromatic N) is 3. The highest BCUT2D eigenvalue weighted by molar-refractivity contribution is 5.79. The molecule has 0 bridgehead atoms. The molecule has 1 unspecified atom stereocenters. The summed E-state index contributed by atoms with van der Waals surface area (Å²) in [6, 6.07) is 0. The third-order valence-electron chi connectivity index (χ3n) is 6.21. The first-order chi connectivity index (χ1) is 11.6. The molecule has 1 aromatic rings. The Kier molecular flexibility index (Phi) is 4.19. The Morgan fingerprint density at radius 3 is 2.58 bits per heavy atom. The molecular formula is C19H28N4O. The number of piperidine rings is 1. The van der Waals surface area contributed by atoms with Crippen LogP contribution in [0, 0.1) is 24.2 Å². The Balaban J connectivity index is 1.30. The zero-order valence-corrected chi connectivity index (χ0v) is 14.6. The van der Waals surface area contributed by atoms with Crippen LogP contribution in [0.25, 0.3) is 0 Å². The average molecular weight is 328 g/mol. The van der Waals surface area contributed by atoms with Crippen molar-refractivity contribution >= 4 is 11.9 Å². The van der Waals surface area contributed by atoms with E-state index in [1.165, 1.54) is 19.3 Å². The molecular weight excluding hydrogens is 300 g/mol. The summed E-state index contributed by atoms with van der Waals surface area (Å²) in [4.78, 5) is 23.6. The average Bonchev–Trinajstić information content (AvgIpc) is 3.35. The highest BCUT2D eigenvalue weighted by Crippen LogP contribution is 2.49. The molecule has 5 heteroatoms. The van der Waals surface area contributed by atoms with Crippen LogP contribution in [0.15, 0.2) is 12.4 Å². The van der Waals surface area contributed by atoms with Gasteiger partial charge in [0.15, 0.2) is 0 Å². The summed E-state index contributed by atoms with van der Waals surface area (Å²) in [6.07, 6.45) is 12.1.